The molecule has 3 heterocycles. The monoisotopic (exact) mass is 477 g/mol. The third-order valence-electron chi connectivity index (χ3n) is 5.72. The van der Waals surface area contributed by atoms with E-state index in [1.165, 1.54) is 14.2 Å². The van der Waals surface area contributed by atoms with Gasteiger partial charge in [0, 0.05) is 11.3 Å². The summed E-state index contributed by atoms with van der Waals surface area (Å²) in [6.45, 7) is 3.60. The number of methoxy groups -OCH3 is 2. The van der Waals surface area contributed by atoms with Gasteiger partial charge in [-0.15, -0.1) is 0 Å². The molecule has 0 aliphatic heterocycles. The molecule has 4 rings (SSSR count). The minimum absolute atomic E-state index is 0.143. The van der Waals surface area contributed by atoms with Crippen LogP contribution in [-0.2, 0) is 17.9 Å². The van der Waals surface area contributed by atoms with Crippen LogP contribution in [0.3, 0.4) is 0 Å². The van der Waals surface area contributed by atoms with Crippen LogP contribution in [0.2, 0.25) is 0 Å². The van der Waals surface area contributed by atoms with E-state index in [2.05, 4.69) is 16.5 Å². The van der Waals surface area contributed by atoms with Crippen LogP contribution in [0.15, 0.2) is 50.3 Å². The Labute approximate surface area is 200 Å². The van der Waals surface area contributed by atoms with Crippen molar-refractivity contribution in [3.63, 3.8) is 0 Å². The first-order chi connectivity index (χ1) is 16.9. The smallest absolute Gasteiger partial charge is 0.442 e. The summed E-state index contributed by atoms with van der Waals surface area (Å²) in [6.07, 6.45) is 1.55. The lowest BCUT2D eigenvalue weighted by molar-refractivity contribution is -0.116. The van der Waals surface area contributed by atoms with E-state index in [0.29, 0.717) is 40.7 Å². The van der Waals surface area contributed by atoms with E-state index < -0.39 is 11.7 Å². The van der Waals surface area contributed by atoms with Gasteiger partial charge in [-0.25, -0.2) is 9.36 Å². The Morgan fingerprint density at radius 1 is 1.17 bits per heavy atom. The van der Waals surface area contributed by atoms with E-state index >= 15 is 0 Å². The number of carbonyl (C=O) groups is 1. The van der Waals surface area contributed by atoms with Gasteiger partial charge in [0.2, 0.25) is 5.91 Å². The number of aromatic nitrogens is 3. The largest absolute Gasteiger partial charge is 0.493 e. The molecule has 1 N–H and O–H groups in total. The molecule has 0 fully saturated rings. The van der Waals surface area contributed by atoms with E-state index in [1.807, 2.05) is 13.8 Å². The first-order valence-corrected chi connectivity index (χ1v) is 10.6. The van der Waals surface area contributed by atoms with Crippen molar-refractivity contribution in [2.24, 2.45) is 0 Å². The summed E-state index contributed by atoms with van der Waals surface area (Å²) >= 11 is 0. The van der Waals surface area contributed by atoms with Crippen LogP contribution in [0.25, 0.3) is 11.4 Å². The van der Waals surface area contributed by atoms with Crippen molar-refractivity contribution in [2.75, 3.05) is 19.5 Å². The van der Waals surface area contributed by atoms with Gasteiger partial charge in [-0.05, 0) is 49.7 Å². The maximum absolute atomic E-state index is 13.1. The second-order valence-electron chi connectivity index (χ2n) is 7.69. The molecule has 0 saturated heterocycles. The molecule has 0 bridgehead atoms. The van der Waals surface area contributed by atoms with Crippen LogP contribution < -0.4 is 20.5 Å². The van der Waals surface area contributed by atoms with E-state index in [4.69, 9.17) is 18.4 Å². The molecule has 0 aliphatic carbocycles. The van der Waals surface area contributed by atoms with E-state index in [9.17, 15) is 14.9 Å². The van der Waals surface area contributed by atoms with Crippen LogP contribution in [0.5, 0.6) is 11.5 Å². The van der Waals surface area contributed by atoms with Crippen molar-refractivity contribution < 1.29 is 23.2 Å². The molecule has 0 atom stereocenters. The zero-order chi connectivity index (χ0) is 25.1. The molecular formula is C24H23N5O6. The molecule has 3 aromatic heterocycles. The molecule has 11 heteroatoms. The Morgan fingerprint density at radius 3 is 2.60 bits per heavy atom. The first-order valence-electron chi connectivity index (χ1n) is 10.6. The van der Waals surface area contributed by atoms with Crippen molar-refractivity contribution in [3.05, 3.63) is 69.7 Å². The number of anilines is 1. The topological polar surface area (TPSA) is 137 Å². The Morgan fingerprint density at radius 2 is 1.94 bits per heavy atom. The van der Waals surface area contributed by atoms with Gasteiger partial charge in [0.05, 0.1) is 32.6 Å². The van der Waals surface area contributed by atoms with Crippen LogP contribution in [0.1, 0.15) is 22.6 Å². The lowest BCUT2D eigenvalue weighted by atomic mass is 10.2. The Kier molecular flexibility index (Phi) is 6.46. The number of hydrogen-bond donors (Lipinski definition) is 1. The van der Waals surface area contributed by atoms with Crippen molar-refractivity contribution in [3.8, 4) is 29.0 Å². The summed E-state index contributed by atoms with van der Waals surface area (Å²) in [6, 6.07) is 10.7. The predicted molar refractivity (Wildman–Crippen MR) is 124 cm³/mol. The number of furan rings is 1. The standard InChI is InChI=1S/C24H23N5O6/c1-14-15(2)28(12-17-6-5-9-34-17)23(18(14)11-25)26-21(30)13-29-22(27-35-24(29)31)16-7-8-19(32-3)20(10-16)33-4/h5-10H,12-13H2,1-4H3,(H,26,30). The molecule has 4 aromatic rings. The number of nitriles is 1. The van der Waals surface area contributed by atoms with Gasteiger partial charge in [-0.1, -0.05) is 5.16 Å². The molecule has 0 unspecified atom stereocenters. The average Bonchev–Trinajstić information content (AvgIpc) is 3.55. The summed E-state index contributed by atoms with van der Waals surface area (Å²) in [5, 5.41) is 16.3. The molecule has 0 saturated carbocycles. The Balaban J connectivity index is 1.65. The van der Waals surface area contributed by atoms with Gasteiger partial charge < -0.3 is 23.8 Å². The zero-order valence-corrected chi connectivity index (χ0v) is 19.6. The van der Waals surface area contributed by atoms with Gasteiger partial charge >= 0.3 is 5.76 Å². The Bertz CT molecular complexity index is 1470. The minimum Gasteiger partial charge on any atom is -0.493 e. The van der Waals surface area contributed by atoms with Crippen molar-refractivity contribution >= 4 is 11.7 Å². The van der Waals surface area contributed by atoms with Gasteiger partial charge in [-0.3, -0.25) is 9.32 Å². The fraction of sp³-hybridized carbons (Fsp3) is 0.250. The third kappa shape index (κ3) is 4.41. The zero-order valence-electron chi connectivity index (χ0n) is 19.6. The average molecular weight is 477 g/mol. The van der Waals surface area contributed by atoms with Crippen molar-refractivity contribution in [2.45, 2.75) is 26.9 Å². The second kappa shape index (κ2) is 9.64. The van der Waals surface area contributed by atoms with Crippen LogP contribution in [0.4, 0.5) is 5.82 Å². The number of nitrogens with zero attached hydrogens (tertiary/aromatic N) is 4. The fourth-order valence-electron chi connectivity index (χ4n) is 3.79. The lowest BCUT2D eigenvalue weighted by Gasteiger charge is -2.13. The molecule has 35 heavy (non-hydrogen) atoms. The fourth-order valence-corrected chi connectivity index (χ4v) is 3.79. The normalized spacial score (nSPS) is 10.7. The third-order valence-corrected chi connectivity index (χ3v) is 5.72. The number of hydrogen-bond acceptors (Lipinski definition) is 8. The number of benzene rings is 1. The highest BCUT2D eigenvalue weighted by Crippen LogP contribution is 2.31. The van der Waals surface area contributed by atoms with Gasteiger partial charge in [0.25, 0.3) is 0 Å². The maximum Gasteiger partial charge on any atom is 0.442 e. The van der Waals surface area contributed by atoms with E-state index in [1.54, 1.807) is 41.2 Å². The summed E-state index contributed by atoms with van der Waals surface area (Å²) < 4.78 is 23.7. The number of nitrogens with one attached hydrogen (secondary N) is 1. The summed E-state index contributed by atoms with van der Waals surface area (Å²) in [5.41, 5.74) is 2.37. The van der Waals surface area contributed by atoms with Gasteiger partial charge in [-0.2, -0.15) is 5.26 Å². The second-order valence-corrected chi connectivity index (χ2v) is 7.69. The summed E-state index contributed by atoms with van der Waals surface area (Å²) in [5.74, 6) is 0.714. The Hall–Kier alpha value is -4.72. The van der Waals surface area contributed by atoms with E-state index in [-0.39, 0.29) is 12.4 Å². The number of amides is 1. The highest BCUT2D eigenvalue weighted by molar-refractivity contribution is 5.92. The SMILES string of the molecule is COc1ccc(-c2noc(=O)n2CC(=O)Nc2c(C#N)c(C)c(C)n2Cc2ccco2)cc1OC. The minimum atomic E-state index is -0.802. The highest BCUT2D eigenvalue weighted by atomic mass is 16.5. The molecule has 0 aliphatic rings. The van der Waals surface area contributed by atoms with E-state index in [0.717, 1.165) is 15.8 Å². The number of ether oxygens (including phenoxy) is 2. The van der Waals surface area contributed by atoms with Gasteiger partial charge in [0.15, 0.2) is 17.3 Å². The van der Waals surface area contributed by atoms with Crippen molar-refractivity contribution in [1.29, 1.82) is 5.26 Å². The first kappa shape index (κ1) is 23.4. The molecule has 11 nitrogen and oxygen atoms in total. The summed E-state index contributed by atoms with van der Waals surface area (Å²) in [7, 11) is 2.99. The summed E-state index contributed by atoms with van der Waals surface area (Å²) in [4.78, 5) is 25.4. The van der Waals surface area contributed by atoms with Crippen molar-refractivity contribution in [1.82, 2.24) is 14.3 Å². The molecule has 0 spiro atoms. The van der Waals surface area contributed by atoms with Gasteiger partial charge in [0.1, 0.15) is 24.2 Å². The molecular weight excluding hydrogens is 454 g/mol. The van der Waals surface area contributed by atoms with Crippen LogP contribution in [0, 0.1) is 25.2 Å². The number of carbonyl (C=O) groups excluding carboxylic acids is 1. The predicted octanol–water partition coefficient (Wildman–Crippen LogP) is 3.09. The van der Waals surface area contributed by atoms with Crippen LogP contribution >= 0.6 is 0 Å². The quantitative estimate of drug-likeness (QED) is 0.409. The number of rotatable bonds is 8. The lowest BCUT2D eigenvalue weighted by Crippen LogP contribution is -2.27. The highest BCUT2D eigenvalue weighted by Gasteiger charge is 2.23. The molecule has 0 radical (unpaired) electrons. The molecule has 1 aromatic carbocycles. The van der Waals surface area contributed by atoms with Crippen LogP contribution in [-0.4, -0.2) is 34.4 Å². The molecule has 1 amide bonds. The maximum atomic E-state index is 13.1. The molecule has 180 valence electrons.